The molecule has 3 rings (SSSR count). The highest BCUT2D eigenvalue weighted by molar-refractivity contribution is 7.92. The first-order valence-electron chi connectivity index (χ1n) is 9.28. The van der Waals surface area contributed by atoms with Crippen molar-refractivity contribution >= 4 is 56.4 Å². The lowest BCUT2D eigenvalue weighted by molar-refractivity contribution is 0.0998. The molecule has 0 aromatic heterocycles. The van der Waals surface area contributed by atoms with Crippen molar-refractivity contribution < 1.29 is 18.0 Å². The molecule has 0 bridgehead atoms. The average Bonchev–Trinajstić information content (AvgIpc) is 2.73. The van der Waals surface area contributed by atoms with E-state index in [1.165, 1.54) is 36.4 Å². The van der Waals surface area contributed by atoms with Crippen LogP contribution in [0.2, 0.25) is 10.0 Å². The minimum Gasteiger partial charge on any atom is -0.366 e. The molecule has 0 saturated carbocycles. The number of rotatable bonds is 7. The summed E-state index contributed by atoms with van der Waals surface area (Å²) in [6, 6.07) is 17.1. The minimum absolute atomic E-state index is 0.0604. The van der Waals surface area contributed by atoms with E-state index in [4.69, 9.17) is 28.9 Å². The molecule has 3 aromatic carbocycles. The van der Waals surface area contributed by atoms with Crippen molar-refractivity contribution in [3.05, 3.63) is 93.5 Å². The summed E-state index contributed by atoms with van der Waals surface area (Å²) in [5.74, 6) is -0.963. The Bertz CT molecular complexity index is 1240. The van der Waals surface area contributed by atoms with Crippen molar-refractivity contribution in [1.82, 2.24) is 0 Å². The average molecular weight is 492 g/mol. The Morgan fingerprint density at radius 2 is 1.44 bits per heavy atom. The second kappa shape index (κ2) is 9.60. The molecule has 0 heterocycles. The number of carbonyl (C=O) groups excluding carboxylic acids is 2. The van der Waals surface area contributed by atoms with E-state index in [1.807, 2.05) is 0 Å². The number of anilines is 2. The number of halogens is 2. The van der Waals surface area contributed by atoms with Crippen LogP contribution in [0.4, 0.5) is 11.4 Å². The van der Waals surface area contributed by atoms with Crippen LogP contribution in [0.15, 0.2) is 66.7 Å². The molecule has 0 spiro atoms. The number of nitrogens with two attached hydrogens (primary N) is 1. The first-order chi connectivity index (χ1) is 15.1. The van der Waals surface area contributed by atoms with Gasteiger partial charge in [0.1, 0.15) is 0 Å². The highest BCUT2D eigenvalue weighted by Gasteiger charge is 2.21. The molecular weight excluding hydrogens is 473 g/mol. The maximum absolute atomic E-state index is 12.5. The number of sulfonamides is 1. The molecule has 3 aromatic rings. The predicted octanol–water partition coefficient (Wildman–Crippen LogP) is 4.31. The summed E-state index contributed by atoms with van der Waals surface area (Å²) in [7, 11) is -3.66. The van der Waals surface area contributed by atoms with Gasteiger partial charge in [-0.15, -0.1) is 0 Å². The number of hydrogen-bond donors (Lipinski definition) is 2. The van der Waals surface area contributed by atoms with Crippen LogP contribution in [0.25, 0.3) is 0 Å². The predicted molar refractivity (Wildman–Crippen MR) is 127 cm³/mol. The third kappa shape index (κ3) is 5.59. The molecule has 10 heteroatoms. The molecule has 32 heavy (non-hydrogen) atoms. The monoisotopic (exact) mass is 491 g/mol. The van der Waals surface area contributed by atoms with Crippen LogP contribution < -0.4 is 15.4 Å². The summed E-state index contributed by atoms with van der Waals surface area (Å²) in [5.41, 5.74) is 7.15. The maximum Gasteiger partial charge on any atom is 0.255 e. The van der Waals surface area contributed by atoms with E-state index in [0.29, 0.717) is 38.1 Å². The van der Waals surface area contributed by atoms with E-state index in [1.54, 1.807) is 30.3 Å². The lowest BCUT2D eigenvalue weighted by Gasteiger charge is -2.23. The molecule has 0 aliphatic carbocycles. The first kappa shape index (κ1) is 23.6. The first-order valence-corrected chi connectivity index (χ1v) is 11.9. The van der Waals surface area contributed by atoms with Crippen molar-refractivity contribution in [2.75, 3.05) is 15.9 Å². The smallest absolute Gasteiger partial charge is 0.255 e. The van der Waals surface area contributed by atoms with Gasteiger partial charge in [0.05, 0.1) is 18.5 Å². The number of nitrogens with one attached hydrogen (secondary N) is 1. The molecule has 0 aliphatic heterocycles. The number of nitrogens with zero attached hydrogens (tertiary/aromatic N) is 1. The van der Waals surface area contributed by atoms with Crippen molar-refractivity contribution in [2.45, 2.75) is 6.54 Å². The largest absolute Gasteiger partial charge is 0.366 e. The Labute approximate surface area is 195 Å². The van der Waals surface area contributed by atoms with Crippen LogP contribution in [0, 0.1) is 0 Å². The Balaban J connectivity index is 1.81. The lowest BCUT2D eigenvalue weighted by atomic mass is 10.1. The minimum atomic E-state index is -3.66. The van der Waals surface area contributed by atoms with Gasteiger partial charge < -0.3 is 11.1 Å². The maximum atomic E-state index is 12.5. The van der Waals surface area contributed by atoms with Gasteiger partial charge >= 0.3 is 0 Å². The Hall–Kier alpha value is -3.07. The van der Waals surface area contributed by atoms with Crippen molar-refractivity contribution in [2.24, 2.45) is 5.73 Å². The van der Waals surface area contributed by atoms with Crippen LogP contribution in [0.3, 0.4) is 0 Å². The van der Waals surface area contributed by atoms with Gasteiger partial charge in [0.2, 0.25) is 15.9 Å². The van der Waals surface area contributed by atoms with Gasteiger partial charge in [0.25, 0.3) is 5.91 Å². The summed E-state index contributed by atoms with van der Waals surface area (Å²) in [6.45, 7) is -0.0604. The van der Waals surface area contributed by atoms with E-state index >= 15 is 0 Å². The molecule has 166 valence electrons. The standard InChI is InChI=1S/C22H19Cl2N3O4S/c1-32(30,31)27(13-18-19(23)3-2-4-20(18)24)17-11-7-15(8-12-17)22(29)26-16-9-5-14(6-10-16)21(25)28/h2-12H,13H2,1H3,(H2,25,28)(H,26,29). The second-order valence-electron chi connectivity index (χ2n) is 6.91. The van der Waals surface area contributed by atoms with Crippen molar-refractivity contribution in [3.8, 4) is 0 Å². The van der Waals surface area contributed by atoms with Crippen LogP contribution in [-0.2, 0) is 16.6 Å². The molecule has 0 saturated heterocycles. The lowest BCUT2D eigenvalue weighted by Crippen LogP contribution is -2.29. The quantitative estimate of drug-likeness (QED) is 0.512. The summed E-state index contributed by atoms with van der Waals surface area (Å²) >= 11 is 12.4. The van der Waals surface area contributed by atoms with Gasteiger partial charge in [-0.25, -0.2) is 8.42 Å². The molecular formula is C22H19Cl2N3O4S. The Morgan fingerprint density at radius 3 is 1.94 bits per heavy atom. The number of primary amides is 1. The second-order valence-corrected chi connectivity index (χ2v) is 9.63. The number of carbonyl (C=O) groups is 2. The zero-order chi connectivity index (χ0) is 23.5. The number of amides is 2. The molecule has 0 fully saturated rings. The summed E-state index contributed by atoms with van der Waals surface area (Å²) in [5, 5.41) is 3.40. The normalized spacial score (nSPS) is 11.1. The molecule has 3 N–H and O–H groups in total. The third-order valence-electron chi connectivity index (χ3n) is 4.61. The van der Waals surface area contributed by atoms with Gasteiger partial charge in [0.15, 0.2) is 0 Å². The topological polar surface area (TPSA) is 110 Å². The van der Waals surface area contributed by atoms with E-state index < -0.39 is 21.8 Å². The fourth-order valence-electron chi connectivity index (χ4n) is 2.93. The van der Waals surface area contributed by atoms with E-state index in [-0.39, 0.29) is 6.54 Å². The number of hydrogen-bond acceptors (Lipinski definition) is 4. The van der Waals surface area contributed by atoms with Crippen LogP contribution in [0.5, 0.6) is 0 Å². The van der Waals surface area contributed by atoms with E-state index in [9.17, 15) is 18.0 Å². The van der Waals surface area contributed by atoms with E-state index in [0.717, 1.165) is 10.6 Å². The van der Waals surface area contributed by atoms with E-state index in [2.05, 4.69) is 5.32 Å². The van der Waals surface area contributed by atoms with Gasteiger partial charge in [-0.1, -0.05) is 29.3 Å². The molecule has 0 radical (unpaired) electrons. The fraction of sp³-hybridized carbons (Fsp3) is 0.0909. The van der Waals surface area contributed by atoms with Crippen molar-refractivity contribution in [1.29, 1.82) is 0 Å². The van der Waals surface area contributed by atoms with Gasteiger partial charge in [-0.05, 0) is 60.7 Å². The van der Waals surface area contributed by atoms with Gasteiger partial charge in [-0.3, -0.25) is 13.9 Å². The van der Waals surface area contributed by atoms with Crippen LogP contribution in [0.1, 0.15) is 26.3 Å². The molecule has 0 unspecified atom stereocenters. The van der Waals surface area contributed by atoms with Gasteiger partial charge in [-0.2, -0.15) is 0 Å². The highest BCUT2D eigenvalue weighted by Crippen LogP contribution is 2.29. The summed E-state index contributed by atoms with van der Waals surface area (Å²) in [4.78, 5) is 23.7. The summed E-state index contributed by atoms with van der Waals surface area (Å²) in [6.07, 6.45) is 1.08. The molecule has 0 aliphatic rings. The van der Waals surface area contributed by atoms with Crippen LogP contribution >= 0.6 is 23.2 Å². The molecule has 7 nitrogen and oxygen atoms in total. The fourth-order valence-corrected chi connectivity index (χ4v) is 4.31. The highest BCUT2D eigenvalue weighted by atomic mass is 35.5. The molecule has 0 atom stereocenters. The number of benzene rings is 3. The zero-order valence-electron chi connectivity index (χ0n) is 16.9. The molecule has 2 amide bonds. The SMILES string of the molecule is CS(=O)(=O)N(Cc1c(Cl)cccc1Cl)c1ccc(C(=O)Nc2ccc(C(N)=O)cc2)cc1. The summed E-state index contributed by atoms with van der Waals surface area (Å²) < 4.78 is 26.0. The Morgan fingerprint density at radius 1 is 0.906 bits per heavy atom. The van der Waals surface area contributed by atoms with Gasteiger partial charge in [0, 0.05) is 32.4 Å². The Kier molecular flexibility index (Phi) is 7.08. The van der Waals surface area contributed by atoms with Crippen molar-refractivity contribution in [3.63, 3.8) is 0 Å². The third-order valence-corrected chi connectivity index (χ3v) is 6.46. The zero-order valence-corrected chi connectivity index (χ0v) is 19.2. The van der Waals surface area contributed by atoms with Crippen LogP contribution in [-0.4, -0.2) is 26.5 Å².